The minimum absolute atomic E-state index is 0.0814. The third kappa shape index (κ3) is 3.60. The van der Waals surface area contributed by atoms with Crippen LogP contribution in [0.25, 0.3) is 0 Å². The monoisotopic (exact) mass is 371 g/mol. The number of halogens is 4. The predicted octanol–water partition coefficient (Wildman–Crippen LogP) is 3.79. The molecule has 0 N–H and O–H groups in total. The zero-order valence-electron chi connectivity index (χ0n) is 10.0. The number of amides is 1. The summed E-state index contributed by atoms with van der Waals surface area (Å²) >= 11 is 1.78. The van der Waals surface area contributed by atoms with E-state index in [1.807, 2.05) is 0 Å². The Hall–Kier alpha value is -0.790. The molecular weight excluding hydrogens is 358 g/mol. The molecule has 0 aliphatic heterocycles. The van der Waals surface area contributed by atoms with Crippen molar-refractivity contribution in [3.8, 4) is 0 Å². The van der Waals surface area contributed by atoms with Crippen molar-refractivity contribution in [1.82, 2.24) is 4.90 Å². The SMILES string of the molecule is CCN(CC)C(=O)c1cc(I)cc(C(F)(F)F)c1. The lowest BCUT2D eigenvalue weighted by molar-refractivity contribution is -0.137. The van der Waals surface area contributed by atoms with Gasteiger partial charge in [0.05, 0.1) is 5.56 Å². The van der Waals surface area contributed by atoms with Gasteiger partial charge in [0.25, 0.3) is 5.91 Å². The summed E-state index contributed by atoms with van der Waals surface area (Å²) in [6.45, 7) is 4.53. The summed E-state index contributed by atoms with van der Waals surface area (Å²) in [5.74, 6) is -0.371. The maximum Gasteiger partial charge on any atom is 0.416 e. The predicted molar refractivity (Wildman–Crippen MR) is 71.4 cm³/mol. The number of alkyl halides is 3. The fourth-order valence-electron chi connectivity index (χ4n) is 1.57. The first-order valence-electron chi connectivity index (χ1n) is 5.46. The van der Waals surface area contributed by atoms with Crippen molar-refractivity contribution in [3.05, 3.63) is 32.9 Å². The second-order valence-electron chi connectivity index (χ2n) is 3.70. The molecule has 100 valence electrons. The molecule has 18 heavy (non-hydrogen) atoms. The van der Waals surface area contributed by atoms with Crippen LogP contribution in [0.4, 0.5) is 13.2 Å². The van der Waals surface area contributed by atoms with Gasteiger partial charge < -0.3 is 4.90 Å². The Morgan fingerprint density at radius 1 is 1.22 bits per heavy atom. The first-order chi connectivity index (χ1) is 8.29. The zero-order valence-corrected chi connectivity index (χ0v) is 12.2. The Morgan fingerprint density at radius 2 is 1.78 bits per heavy atom. The van der Waals surface area contributed by atoms with Gasteiger partial charge in [0.15, 0.2) is 0 Å². The van der Waals surface area contributed by atoms with Crippen molar-refractivity contribution in [2.24, 2.45) is 0 Å². The second-order valence-corrected chi connectivity index (χ2v) is 4.95. The maximum absolute atomic E-state index is 12.6. The Labute approximate surface area is 117 Å². The van der Waals surface area contributed by atoms with Gasteiger partial charge in [-0.05, 0) is 54.6 Å². The van der Waals surface area contributed by atoms with E-state index in [0.29, 0.717) is 16.7 Å². The number of carbonyl (C=O) groups excluding carboxylic acids is 1. The third-order valence-corrected chi connectivity index (χ3v) is 3.15. The van der Waals surface area contributed by atoms with Gasteiger partial charge in [0, 0.05) is 22.2 Å². The Balaban J connectivity index is 3.18. The van der Waals surface area contributed by atoms with Gasteiger partial charge >= 0.3 is 6.18 Å². The Bertz CT molecular complexity index is 441. The van der Waals surface area contributed by atoms with Crippen LogP contribution in [-0.4, -0.2) is 23.9 Å². The van der Waals surface area contributed by atoms with Gasteiger partial charge in [0.2, 0.25) is 0 Å². The number of hydrogen-bond acceptors (Lipinski definition) is 1. The molecule has 1 aromatic rings. The van der Waals surface area contributed by atoms with Crippen LogP contribution in [-0.2, 0) is 6.18 Å². The topological polar surface area (TPSA) is 20.3 Å². The smallest absolute Gasteiger partial charge is 0.339 e. The quantitative estimate of drug-likeness (QED) is 0.741. The summed E-state index contributed by atoms with van der Waals surface area (Å²) in [5.41, 5.74) is -0.706. The minimum Gasteiger partial charge on any atom is -0.339 e. The molecule has 0 aliphatic carbocycles. The van der Waals surface area contributed by atoms with Gasteiger partial charge in [-0.15, -0.1) is 0 Å². The van der Waals surface area contributed by atoms with E-state index in [1.165, 1.54) is 11.0 Å². The van der Waals surface area contributed by atoms with Gasteiger partial charge in [-0.3, -0.25) is 4.79 Å². The zero-order chi connectivity index (χ0) is 13.9. The molecule has 1 amide bonds. The highest BCUT2D eigenvalue weighted by molar-refractivity contribution is 14.1. The Kier molecular flexibility index (Phi) is 5.01. The number of hydrogen-bond donors (Lipinski definition) is 0. The van der Waals surface area contributed by atoms with Crippen molar-refractivity contribution in [3.63, 3.8) is 0 Å². The molecule has 0 radical (unpaired) electrons. The molecule has 0 spiro atoms. The summed E-state index contributed by atoms with van der Waals surface area (Å²) < 4.78 is 38.3. The van der Waals surface area contributed by atoms with E-state index in [-0.39, 0.29) is 11.5 Å². The van der Waals surface area contributed by atoms with Crippen LogP contribution in [0.15, 0.2) is 18.2 Å². The van der Waals surface area contributed by atoms with Crippen molar-refractivity contribution < 1.29 is 18.0 Å². The third-order valence-electron chi connectivity index (χ3n) is 2.52. The lowest BCUT2D eigenvalue weighted by atomic mass is 10.1. The van der Waals surface area contributed by atoms with Crippen LogP contribution < -0.4 is 0 Å². The van der Waals surface area contributed by atoms with Crippen molar-refractivity contribution in [1.29, 1.82) is 0 Å². The average Bonchev–Trinajstić information content (AvgIpc) is 2.28. The highest BCUT2D eigenvalue weighted by atomic mass is 127. The number of carbonyl (C=O) groups is 1. The van der Waals surface area contributed by atoms with E-state index < -0.39 is 11.7 Å². The minimum atomic E-state index is -4.43. The first kappa shape index (κ1) is 15.3. The van der Waals surface area contributed by atoms with E-state index in [0.717, 1.165) is 12.1 Å². The fourth-order valence-corrected chi connectivity index (χ4v) is 2.24. The standard InChI is InChI=1S/C12H13F3INO/c1-3-17(4-2)11(18)8-5-9(12(13,14)15)7-10(16)6-8/h5-7H,3-4H2,1-2H3. The highest BCUT2D eigenvalue weighted by Crippen LogP contribution is 2.31. The Morgan fingerprint density at radius 3 is 2.22 bits per heavy atom. The van der Waals surface area contributed by atoms with Crippen molar-refractivity contribution in [2.45, 2.75) is 20.0 Å². The largest absolute Gasteiger partial charge is 0.416 e. The number of rotatable bonds is 3. The van der Waals surface area contributed by atoms with Crippen LogP contribution >= 0.6 is 22.6 Å². The summed E-state index contributed by atoms with van der Waals surface area (Å²) in [6.07, 6.45) is -4.43. The van der Waals surface area contributed by atoms with Gasteiger partial charge in [-0.2, -0.15) is 13.2 Å². The molecular formula is C12H13F3INO. The van der Waals surface area contributed by atoms with Crippen molar-refractivity contribution in [2.75, 3.05) is 13.1 Å². The van der Waals surface area contributed by atoms with Crippen LogP contribution in [0, 0.1) is 3.57 Å². The summed E-state index contributed by atoms with van der Waals surface area (Å²) in [7, 11) is 0. The average molecular weight is 371 g/mol. The second kappa shape index (κ2) is 5.90. The molecule has 0 aromatic heterocycles. The highest BCUT2D eigenvalue weighted by Gasteiger charge is 2.31. The lowest BCUT2D eigenvalue weighted by Gasteiger charge is -2.19. The molecule has 2 nitrogen and oxygen atoms in total. The van der Waals surface area contributed by atoms with E-state index >= 15 is 0 Å². The van der Waals surface area contributed by atoms with Crippen LogP contribution in [0.3, 0.4) is 0 Å². The molecule has 0 atom stereocenters. The van der Waals surface area contributed by atoms with E-state index in [4.69, 9.17) is 0 Å². The van der Waals surface area contributed by atoms with Crippen LogP contribution in [0.5, 0.6) is 0 Å². The van der Waals surface area contributed by atoms with E-state index in [9.17, 15) is 18.0 Å². The summed E-state index contributed by atoms with van der Waals surface area (Å²) in [5, 5.41) is 0. The molecule has 0 bridgehead atoms. The van der Waals surface area contributed by atoms with E-state index in [1.54, 1.807) is 36.4 Å². The van der Waals surface area contributed by atoms with E-state index in [2.05, 4.69) is 0 Å². The first-order valence-corrected chi connectivity index (χ1v) is 6.54. The molecule has 6 heteroatoms. The van der Waals surface area contributed by atoms with Gasteiger partial charge in [-0.1, -0.05) is 0 Å². The van der Waals surface area contributed by atoms with Gasteiger partial charge in [0.1, 0.15) is 0 Å². The molecule has 0 fully saturated rings. The summed E-state index contributed by atoms with van der Waals surface area (Å²) in [4.78, 5) is 13.5. The van der Waals surface area contributed by atoms with Crippen molar-refractivity contribution >= 4 is 28.5 Å². The molecule has 0 heterocycles. The summed E-state index contributed by atoms with van der Waals surface area (Å²) in [6, 6.07) is 3.40. The molecule has 1 rings (SSSR count). The number of benzene rings is 1. The molecule has 1 aromatic carbocycles. The number of nitrogens with zero attached hydrogens (tertiary/aromatic N) is 1. The molecule has 0 aliphatic rings. The lowest BCUT2D eigenvalue weighted by Crippen LogP contribution is -2.30. The molecule has 0 saturated carbocycles. The van der Waals surface area contributed by atoms with Crippen LogP contribution in [0.2, 0.25) is 0 Å². The molecule has 0 saturated heterocycles. The fraction of sp³-hybridized carbons (Fsp3) is 0.417. The van der Waals surface area contributed by atoms with Gasteiger partial charge in [-0.25, -0.2) is 0 Å². The van der Waals surface area contributed by atoms with Crippen LogP contribution in [0.1, 0.15) is 29.8 Å². The molecule has 0 unspecified atom stereocenters. The normalized spacial score (nSPS) is 11.4. The maximum atomic E-state index is 12.6.